The number of benzene rings is 1. The number of carbonyl (C=O) groups excluding carboxylic acids is 1. The molecular formula is C30H42N2O3. The zero-order valence-electron chi connectivity index (χ0n) is 22.4. The SMILES string of the molecule is CC/C=C(\C)C(C#N)(CCCN(C)CCC1C=CC(C(=O)OC)=CC1)c1ccc(CC)c(OC)c1. The highest BCUT2D eigenvalue weighted by molar-refractivity contribution is 5.91. The molecule has 2 atom stereocenters. The highest BCUT2D eigenvalue weighted by atomic mass is 16.5. The van der Waals surface area contributed by atoms with Crippen molar-refractivity contribution in [3.8, 4) is 11.8 Å². The van der Waals surface area contributed by atoms with Gasteiger partial charge in [-0.2, -0.15) is 5.26 Å². The lowest BCUT2D eigenvalue weighted by atomic mass is 9.72. The van der Waals surface area contributed by atoms with Gasteiger partial charge in [0.2, 0.25) is 0 Å². The summed E-state index contributed by atoms with van der Waals surface area (Å²) in [6.45, 7) is 8.21. The van der Waals surface area contributed by atoms with Crippen molar-refractivity contribution in [1.82, 2.24) is 4.90 Å². The molecule has 1 aromatic rings. The molecule has 0 radical (unpaired) electrons. The first-order chi connectivity index (χ1) is 16.8. The van der Waals surface area contributed by atoms with Crippen molar-refractivity contribution in [3.05, 3.63) is 64.8 Å². The van der Waals surface area contributed by atoms with E-state index in [0.29, 0.717) is 11.5 Å². The summed E-state index contributed by atoms with van der Waals surface area (Å²) in [4.78, 5) is 14.0. The first kappa shape index (κ1) is 28.4. The van der Waals surface area contributed by atoms with E-state index in [4.69, 9.17) is 9.47 Å². The van der Waals surface area contributed by atoms with E-state index in [9.17, 15) is 10.1 Å². The maximum Gasteiger partial charge on any atom is 0.337 e. The molecule has 0 saturated carbocycles. The van der Waals surface area contributed by atoms with Crippen LogP contribution >= 0.6 is 0 Å². The maximum atomic E-state index is 11.6. The lowest BCUT2D eigenvalue weighted by molar-refractivity contribution is -0.135. The molecule has 0 saturated heterocycles. The molecule has 0 amide bonds. The largest absolute Gasteiger partial charge is 0.496 e. The Morgan fingerprint density at radius 3 is 2.63 bits per heavy atom. The highest BCUT2D eigenvalue weighted by Crippen LogP contribution is 2.39. The van der Waals surface area contributed by atoms with Crippen molar-refractivity contribution in [3.63, 3.8) is 0 Å². The number of hydrogen-bond acceptors (Lipinski definition) is 5. The second-order valence-electron chi connectivity index (χ2n) is 9.39. The fraction of sp³-hybridized carbons (Fsp3) is 0.533. The second-order valence-corrected chi connectivity index (χ2v) is 9.39. The summed E-state index contributed by atoms with van der Waals surface area (Å²) in [5.41, 5.74) is 3.27. The van der Waals surface area contributed by atoms with Gasteiger partial charge in [-0.25, -0.2) is 4.79 Å². The first-order valence-electron chi connectivity index (χ1n) is 12.8. The van der Waals surface area contributed by atoms with Gasteiger partial charge in [0.25, 0.3) is 0 Å². The third-order valence-electron chi connectivity index (χ3n) is 7.12. The van der Waals surface area contributed by atoms with Crippen LogP contribution in [0.1, 0.15) is 64.0 Å². The van der Waals surface area contributed by atoms with E-state index in [-0.39, 0.29) is 5.97 Å². The summed E-state index contributed by atoms with van der Waals surface area (Å²) in [5, 5.41) is 10.4. The van der Waals surface area contributed by atoms with Crippen LogP contribution in [0.4, 0.5) is 0 Å². The highest BCUT2D eigenvalue weighted by Gasteiger charge is 2.34. The van der Waals surface area contributed by atoms with Crippen molar-refractivity contribution >= 4 is 5.97 Å². The monoisotopic (exact) mass is 478 g/mol. The molecule has 0 spiro atoms. The zero-order valence-corrected chi connectivity index (χ0v) is 22.4. The summed E-state index contributed by atoms with van der Waals surface area (Å²) in [6.07, 6.45) is 13.5. The number of allylic oxidation sites excluding steroid dienone is 4. The Balaban J connectivity index is 2.03. The van der Waals surface area contributed by atoms with Crippen molar-refractivity contribution in [2.45, 2.75) is 64.7 Å². The van der Waals surface area contributed by atoms with Crippen molar-refractivity contribution in [2.75, 3.05) is 34.4 Å². The van der Waals surface area contributed by atoms with Crippen molar-refractivity contribution in [1.29, 1.82) is 5.26 Å². The Morgan fingerprint density at radius 1 is 1.29 bits per heavy atom. The van der Waals surface area contributed by atoms with Crippen LogP contribution in [0.3, 0.4) is 0 Å². The molecule has 0 bridgehead atoms. The number of carbonyl (C=O) groups is 1. The number of methoxy groups -OCH3 is 2. The number of ether oxygens (including phenoxy) is 2. The van der Waals surface area contributed by atoms with E-state index < -0.39 is 5.41 Å². The molecule has 0 aromatic heterocycles. The zero-order chi connectivity index (χ0) is 25.8. The Hall–Kier alpha value is -2.84. The van der Waals surface area contributed by atoms with Crippen LogP contribution in [-0.2, 0) is 21.4 Å². The number of aryl methyl sites for hydroxylation is 1. The Labute approximate surface area is 212 Å². The van der Waals surface area contributed by atoms with Crippen LogP contribution in [0.15, 0.2) is 53.6 Å². The number of hydrogen-bond donors (Lipinski definition) is 0. The van der Waals surface area contributed by atoms with E-state index >= 15 is 0 Å². The molecule has 0 aliphatic heterocycles. The third kappa shape index (κ3) is 7.32. The average Bonchev–Trinajstić information content (AvgIpc) is 2.89. The fourth-order valence-electron chi connectivity index (χ4n) is 4.82. The van der Waals surface area contributed by atoms with E-state index in [2.05, 4.69) is 69.1 Å². The van der Waals surface area contributed by atoms with Gasteiger partial charge in [-0.3, -0.25) is 0 Å². The van der Waals surface area contributed by atoms with E-state index in [1.54, 1.807) is 7.11 Å². The maximum absolute atomic E-state index is 11.6. The molecule has 1 aliphatic rings. The van der Waals surface area contributed by atoms with E-state index in [0.717, 1.165) is 74.1 Å². The lowest BCUT2D eigenvalue weighted by Crippen LogP contribution is -2.29. The Morgan fingerprint density at radius 2 is 2.06 bits per heavy atom. The van der Waals surface area contributed by atoms with Crippen molar-refractivity contribution in [2.24, 2.45) is 5.92 Å². The molecule has 35 heavy (non-hydrogen) atoms. The minimum absolute atomic E-state index is 0.271. The fourth-order valence-corrected chi connectivity index (χ4v) is 4.82. The summed E-state index contributed by atoms with van der Waals surface area (Å²) in [5.74, 6) is 1.02. The summed E-state index contributed by atoms with van der Waals surface area (Å²) < 4.78 is 10.4. The molecule has 0 N–H and O–H groups in total. The first-order valence-corrected chi connectivity index (χ1v) is 12.8. The quantitative estimate of drug-likeness (QED) is 0.251. The number of esters is 1. The standard InChI is InChI=1S/C30H42N2O3/c1-7-10-23(3)30(22-31,27-16-15-25(8-2)28(21-27)34-5)18-9-19-32(4)20-17-24-11-13-26(14-12-24)29(33)35-6/h10-11,13-16,21,24H,7-9,12,17-20H2,1-6H3/b23-10+. The number of nitriles is 1. The van der Waals surface area contributed by atoms with Crippen LogP contribution in [0.2, 0.25) is 0 Å². The van der Waals surface area contributed by atoms with E-state index in [1.165, 1.54) is 7.11 Å². The minimum atomic E-state index is -0.655. The molecular weight excluding hydrogens is 436 g/mol. The van der Waals surface area contributed by atoms with Crippen LogP contribution in [-0.4, -0.2) is 45.2 Å². The number of rotatable bonds is 13. The predicted octanol–water partition coefficient (Wildman–Crippen LogP) is 6.15. The molecule has 5 nitrogen and oxygen atoms in total. The summed E-state index contributed by atoms with van der Waals surface area (Å²) >= 11 is 0. The lowest BCUT2D eigenvalue weighted by Gasteiger charge is -2.30. The van der Waals surface area contributed by atoms with E-state index in [1.807, 2.05) is 12.2 Å². The van der Waals surface area contributed by atoms with Gasteiger partial charge < -0.3 is 14.4 Å². The van der Waals surface area contributed by atoms with Crippen LogP contribution in [0, 0.1) is 17.2 Å². The predicted molar refractivity (Wildman–Crippen MR) is 142 cm³/mol. The molecule has 2 rings (SSSR count). The molecule has 5 heteroatoms. The molecule has 2 unspecified atom stereocenters. The third-order valence-corrected chi connectivity index (χ3v) is 7.12. The van der Waals surface area contributed by atoms with Crippen LogP contribution in [0.5, 0.6) is 5.75 Å². The summed E-state index contributed by atoms with van der Waals surface area (Å²) in [6, 6.07) is 8.95. The minimum Gasteiger partial charge on any atom is -0.496 e. The van der Waals surface area contributed by atoms with Crippen LogP contribution in [0.25, 0.3) is 0 Å². The normalized spacial score (nSPS) is 17.5. The number of nitrogens with zero attached hydrogens (tertiary/aromatic N) is 2. The summed E-state index contributed by atoms with van der Waals surface area (Å²) in [7, 11) is 5.25. The molecule has 0 fully saturated rings. The van der Waals surface area contributed by atoms with Crippen molar-refractivity contribution < 1.29 is 14.3 Å². The second kappa shape index (κ2) is 13.9. The van der Waals surface area contributed by atoms with Gasteiger partial charge in [0.05, 0.1) is 25.9 Å². The van der Waals surface area contributed by atoms with Gasteiger partial charge in [-0.1, -0.05) is 55.9 Å². The van der Waals surface area contributed by atoms with Gasteiger partial charge >= 0.3 is 5.97 Å². The average molecular weight is 479 g/mol. The smallest absolute Gasteiger partial charge is 0.337 e. The Kier molecular flexibility index (Phi) is 11.3. The van der Waals surface area contributed by atoms with Gasteiger partial charge in [-0.15, -0.1) is 0 Å². The topological polar surface area (TPSA) is 62.6 Å². The van der Waals surface area contributed by atoms with Crippen LogP contribution < -0.4 is 4.74 Å². The molecule has 1 aliphatic carbocycles. The Bertz CT molecular complexity index is 986. The van der Waals surface area contributed by atoms with Gasteiger partial charge in [-0.05, 0) is 88.7 Å². The molecule has 0 heterocycles. The van der Waals surface area contributed by atoms with Gasteiger partial charge in [0.15, 0.2) is 0 Å². The molecule has 190 valence electrons. The molecule has 1 aromatic carbocycles. The van der Waals surface area contributed by atoms with Gasteiger partial charge in [0, 0.05) is 0 Å². The van der Waals surface area contributed by atoms with Gasteiger partial charge in [0.1, 0.15) is 11.2 Å².